The zero-order valence-electron chi connectivity index (χ0n) is 14.0. The van der Waals surface area contributed by atoms with Crippen LogP contribution in [-0.2, 0) is 6.54 Å². The monoisotopic (exact) mass is 311 g/mol. The highest BCUT2D eigenvalue weighted by Crippen LogP contribution is 2.24. The van der Waals surface area contributed by atoms with Crippen LogP contribution in [0.15, 0.2) is 24.5 Å². The van der Waals surface area contributed by atoms with Crippen LogP contribution in [0.25, 0.3) is 0 Å². The molecule has 2 aromatic heterocycles. The van der Waals surface area contributed by atoms with Crippen LogP contribution in [0.5, 0.6) is 0 Å². The van der Waals surface area contributed by atoms with Crippen LogP contribution in [0.4, 0.5) is 11.8 Å². The molecule has 5 nitrogen and oxygen atoms in total. The lowest BCUT2D eigenvalue weighted by molar-refractivity contribution is 0.461. The molecule has 23 heavy (non-hydrogen) atoms. The van der Waals surface area contributed by atoms with E-state index >= 15 is 0 Å². The molecule has 0 amide bonds. The standard InChI is InChI=1S/C18H25N5/c1-13-14(2)21-18(20-12-15-7-6-10-19-11-15)23-17(13)22-16-8-4-3-5-9-16/h6-7,10-11,16H,3-5,8-9,12H2,1-2H3,(H2,20,21,22,23). The lowest BCUT2D eigenvalue weighted by Crippen LogP contribution is -2.24. The third kappa shape index (κ3) is 4.18. The molecule has 5 heteroatoms. The van der Waals surface area contributed by atoms with Gasteiger partial charge in [-0.2, -0.15) is 4.98 Å². The largest absolute Gasteiger partial charge is 0.367 e. The van der Waals surface area contributed by atoms with Gasteiger partial charge in [0.05, 0.1) is 0 Å². The summed E-state index contributed by atoms with van der Waals surface area (Å²) in [7, 11) is 0. The Morgan fingerprint density at radius 3 is 2.70 bits per heavy atom. The van der Waals surface area contributed by atoms with Gasteiger partial charge in [-0.15, -0.1) is 0 Å². The number of hydrogen-bond donors (Lipinski definition) is 2. The predicted octanol–water partition coefficient (Wildman–Crippen LogP) is 3.85. The van der Waals surface area contributed by atoms with E-state index in [0.717, 1.165) is 22.6 Å². The van der Waals surface area contributed by atoms with Crippen molar-refractivity contribution in [3.05, 3.63) is 41.3 Å². The molecule has 0 aromatic carbocycles. The molecule has 0 atom stereocenters. The maximum Gasteiger partial charge on any atom is 0.225 e. The fourth-order valence-electron chi connectivity index (χ4n) is 2.97. The molecule has 2 N–H and O–H groups in total. The molecule has 0 aliphatic heterocycles. The van der Waals surface area contributed by atoms with Gasteiger partial charge in [-0.25, -0.2) is 4.98 Å². The highest BCUT2D eigenvalue weighted by Gasteiger charge is 2.16. The summed E-state index contributed by atoms with van der Waals surface area (Å²) in [6.07, 6.45) is 10.1. The van der Waals surface area contributed by atoms with Gasteiger partial charge in [0.1, 0.15) is 5.82 Å². The summed E-state index contributed by atoms with van der Waals surface area (Å²) < 4.78 is 0. The minimum atomic E-state index is 0.544. The third-order valence-electron chi connectivity index (χ3n) is 4.51. The Bertz CT molecular complexity index is 635. The Morgan fingerprint density at radius 2 is 1.96 bits per heavy atom. The number of rotatable bonds is 5. The van der Waals surface area contributed by atoms with E-state index in [1.165, 1.54) is 32.1 Å². The average Bonchev–Trinajstić information content (AvgIpc) is 2.59. The number of aryl methyl sites for hydroxylation is 1. The summed E-state index contributed by atoms with van der Waals surface area (Å²) in [6, 6.07) is 4.53. The first-order valence-electron chi connectivity index (χ1n) is 8.47. The van der Waals surface area contributed by atoms with Gasteiger partial charge in [-0.3, -0.25) is 4.98 Å². The molecule has 3 rings (SSSR count). The predicted molar refractivity (Wildman–Crippen MR) is 93.6 cm³/mol. The SMILES string of the molecule is Cc1nc(NCc2cccnc2)nc(NC2CCCCC2)c1C. The van der Waals surface area contributed by atoms with E-state index in [4.69, 9.17) is 0 Å². The van der Waals surface area contributed by atoms with Gasteiger partial charge in [-0.05, 0) is 38.3 Å². The van der Waals surface area contributed by atoms with Crippen molar-refractivity contribution in [1.29, 1.82) is 0 Å². The van der Waals surface area contributed by atoms with Crippen molar-refractivity contribution in [1.82, 2.24) is 15.0 Å². The molecule has 2 aromatic rings. The maximum atomic E-state index is 4.69. The summed E-state index contributed by atoms with van der Waals surface area (Å²) in [6.45, 7) is 4.81. The average molecular weight is 311 g/mol. The first kappa shape index (κ1) is 15.7. The molecule has 0 bridgehead atoms. The summed E-state index contributed by atoms with van der Waals surface area (Å²) in [5.41, 5.74) is 3.28. The number of nitrogens with one attached hydrogen (secondary N) is 2. The minimum Gasteiger partial charge on any atom is -0.367 e. The van der Waals surface area contributed by atoms with Crippen LogP contribution in [-0.4, -0.2) is 21.0 Å². The van der Waals surface area contributed by atoms with E-state index in [0.29, 0.717) is 18.5 Å². The minimum absolute atomic E-state index is 0.544. The van der Waals surface area contributed by atoms with Crippen molar-refractivity contribution in [2.24, 2.45) is 0 Å². The zero-order valence-corrected chi connectivity index (χ0v) is 14.0. The van der Waals surface area contributed by atoms with E-state index in [-0.39, 0.29) is 0 Å². The molecule has 2 heterocycles. The molecule has 0 radical (unpaired) electrons. The molecule has 1 aliphatic carbocycles. The van der Waals surface area contributed by atoms with Gasteiger partial charge < -0.3 is 10.6 Å². The molecule has 0 unspecified atom stereocenters. The molecule has 1 fully saturated rings. The van der Waals surface area contributed by atoms with Gasteiger partial charge in [0, 0.05) is 36.2 Å². The second kappa shape index (κ2) is 7.40. The Labute approximate surface area is 138 Å². The zero-order chi connectivity index (χ0) is 16.1. The second-order valence-corrected chi connectivity index (χ2v) is 6.30. The Balaban J connectivity index is 1.70. The number of hydrogen-bond acceptors (Lipinski definition) is 5. The first-order chi connectivity index (χ1) is 11.2. The van der Waals surface area contributed by atoms with Crippen molar-refractivity contribution in [3.63, 3.8) is 0 Å². The van der Waals surface area contributed by atoms with Crippen LogP contribution in [0, 0.1) is 13.8 Å². The van der Waals surface area contributed by atoms with Crippen LogP contribution in [0.1, 0.15) is 48.9 Å². The van der Waals surface area contributed by atoms with Gasteiger partial charge in [-0.1, -0.05) is 25.3 Å². The summed E-state index contributed by atoms with van der Waals surface area (Å²) >= 11 is 0. The maximum absolute atomic E-state index is 4.69. The Hall–Kier alpha value is -2.17. The normalized spacial score (nSPS) is 15.4. The lowest BCUT2D eigenvalue weighted by Gasteiger charge is -2.24. The second-order valence-electron chi connectivity index (χ2n) is 6.30. The Kier molecular flexibility index (Phi) is 5.05. The third-order valence-corrected chi connectivity index (χ3v) is 4.51. The van der Waals surface area contributed by atoms with Crippen LogP contribution < -0.4 is 10.6 Å². The fraction of sp³-hybridized carbons (Fsp3) is 0.500. The van der Waals surface area contributed by atoms with E-state index in [2.05, 4.69) is 32.5 Å². The van der Waals surface area contributed by atoms with Crippen molar-refractivity contribution in [2.75, 3.05) is 10.6 Å². The van der Waals surface area contributed by atoms with E-state index < -0.39 is 0 Å². The van der Waals surface area contributed by atoms with Gasteiger partial charge >= 0.3 is 0 Å². The lowest BCUT2D eigenvalue weighted by atomic mass is 9.95. The van der Waals surface area contributed by atoms with Gasteiger partial charge in [0.15, 0.2) is 0 Å². The van der Waals surface area contributed by atoms with Crippen LogP contribution >= 0.6 is 0 Å². The summed E-state index contributed by atoms with van der Waals surface area (Å²) in [4.78, 5) is 13.4. The van der Waals surface area contributed by atoms with Crippen molar-refractivity contribution >= 4 is 11.8 Å². The number of pyridine rings is 1. The highest BCUT2D eigenvalue weighted by atomic mass is 15.2. The quantitative estimate of drug-likeness (QED) is 0.878. The molecule has 1 saturated carbocycles. The molecule has 1 aliphatic rings. The van der Waals surface area contributed by atoms with Gasteiger partial charge in [0.25, 0.3) is 0 Å². The Morgan fingerprint density at radius 1 is 1.13 bits per heavy atom. The number of aromatic nitrogens is 3. The molecule has 0 spiro atoms. The molecule has 122 valence electrons. The number of nitrogens with zero attached hydrogens (tertiary/aromatic N) is 3. The van der Waals surface area contributed by atoms with Gasteiger partial charge in [0.2, 0.25) is 5.95 Å². The highest BCUT2D eigenvalue weighted by molar-refractivity contribution is 5.50. The molecular formula is C18H25N5. The van der Waals surface area contributed by atoms with Crippen molar-refractivity contribution in [2.45, 2.75) is 58.5 Å². The smallest absolute Gasteiger partial charge is 0.225 e. The van der Waals surface area contributed by atoms with E-state index in [1.54, 1.807) is 6.20 Å². The van der Waals surface area contributed by atoms with Crippen molar-refractivity contribution in [3.8, 4) is 0 Å². The van der Waals surface area contributed by atoms with E-state index in [9.17, 15) is 0 Å². The molecular weight excluding hydrogens is 286 g/mol. The fourth-order valence-corrected chi connectivity index (χ4v) is 2.97. The summed E-state index contributed by atoms with van der Waals surface area (Å²) in [5, 5.41) is 6.93. The number of anilines is 2. The van der Waals surface area contributed by atoms with Crippen LogP contribution in [0.3, 0.4) is 0 Å². The molecule has 0 saturated heterocycles. The van der Waals surface area contributed by atoms with E-state index in [1.807, 2.05) is 25.3 Å². The van der Waals surface area contributed by atoms with Crippen molar-refractivity contribution < 1.29 is 0 Å². The topological polar surface area (TPSA) is 62.7 Å². The summed E-state index contributed by atoms with van der Waals surface area (Å²) in [5.74, 6) is 1.65. The van der Waals surface area contributed by atoms with Crippen LogP contribution in [0.2, 0.25) is 0 Å². The first-order valence-corrected chi connectivity index (χ1v) is 8.47.